The monoisotopic (exact) mass is 380 g/mol. The molecule has 2 N–H and O–H groups in total. The van der Waals surface area contributed by atoms with Crippen molar-refractivity contribution < 1.29 is 28.6 Å². The molecule has 0 saturated carbocycles. The summed E-state index contributed by atoms with van der Waals surface area (Å²) < 4.78 is 15.4. The zero-order valence-electron chi connectivity index (χ0n) is 16.5. The summed E-state index contributed by atoms with van der Waals surface area (Å²) in [7, 11) is 2.98. The number of rotatable bonds is 10. The van der Waals surface area contributed by atoms with Crippen LogP contribution in [0.1, 0.15) is 33.6 Å². The first-order chi connectivity index (χ1) is 12.8. The fraction of sp³-hybridized carbons (Fsp3) is 0.526. The second-order valence-corrected chi connectivity index (χ2v) is 6.40. The fourth-order valence-corrected chi connectivity index (χ4v) is 2.12. The lowest BCUT2D eigenvalue weighted by Gasteiger charge is -2.16. The number of carbonyl (C=O) groups excluding carboxylic acids is 3. The number of carbonyl (C=O) groups is 3. The van der Waals surface area contributed by atoms with Gasteiger partial charge < -0.3 is 24.8 Å². The number of methoxy groups -OCH3 is 2. The molecule has 8 heteroatoms. The van der Waals surface area contributed by atoms with Crippen molar-refractivity contribution in [3.05, 3.63) is 18.2 Å². The highest BCUT2D eigenvalue weighted by molar-refractivity contribution is 5.96. The lowest BCUT2D eigenvalue weighted by Crippen LogP contribution is -2.35. The molecule has 27 heavy (non-hydrogen) atoms. The number of hydrogen-bond acceptors (Lipinski definition) is 6. The Bertz CT molecular complexity index is 660. The molecule has 8 nitrogen and oxygen atoms in total. The molecule has 0 aliphatic heterocycles. The van der Waals surface area contributed by atoms with Gasteiger partial charge in [0.1, 0.15) is 18.0 Å². The third kappa shape index (κ3) is 7.98. The molecule has 0 fully saturated rings. The highest BCUT2D eigenvalue weighted by atomic mass is 16.5. The van der Waals surface area contributed by atoms with Gasteiger partial charge in [0, 0.05) is 12.5 Å². The van der Waals surface area contributed by atoms with E-state index in [1.165, 1.54) is 21.1 Å². The van der Waals surface area contributed by atoms with Crippen LogP contribution < -0.4 is 20.1 Å². The number of anilines is 1. The number of nitrogens with one attached hydrogen (secondary N) is 2. The minimum atomic E-state index is -1.04. The minimum Gasteiger partial charge on any atom is -0.497 e. The second kappa shape index (κ2) is 11.1. The molecule has 2 amide bonds. The van der Waals surface area contributed by atoms with Crippen LogP contribution in [-0.2, 0) is 19.1 Å². The molecule has 0 aromatic heterocycles. The van der Waals surface area contributed by atoms with E-state index in [0.29, 0.717) is 29.5 Å². The van der Waals surface area contributed by atoms with Gasteiger partial charge in [0.25, 0.3) is 5.91 Å². The Balaban J connectivity index is 2.52. The van der Waals surface area contributed by atoms with Gasteiger partial charge in [-0.2, -0.15) is 0 Å². The molecule has 0 bridgehead atoms. The van der Waals surface area contributed by atoms with Crippen LogP contribution >= 0.6 is 0 Å². The van der Waals surface area contributed by atoms with Crippen molar-refractivity contribution in [3.63, 3.8) is 0 Å². The maximum Gasteiger partial charge on any atom is 0.326 e. The van der Waals surface area contributed by atoms with Crippen molar-refractivity contribution in [1.29, 1.82) is 0 Å². The Kier molecular flexibility index (Phi) is 9.12. The molecule has 1 atom stereocenters. The van der Waals surface area contributed by atoms with Crippen molar-refractivity contribution in [1.82, 2.24) is 5.32 Å². The van der Waals surface area contributed by atoms with Crippen LogP contribution in [-0.4, -0.2) is 44.7 Å². The first kappa shape index (κ1) is 22.3. The zero-order valence-corrected chi connectivity index (χ0v) is 16.5. The van der Waals surface area contributed by atoms with E-state index < -0.39 is 18.0 Å². The maximum atomic E-state index is 12.3. The molecule has 1 unspecified atom stereocenters. The van der Waals surface area contributed by atoms with Gasteiger partial charge >= 0.3 is 5.97 Å². The summed E-state index contributed by atoms with van der Waals surface area (Å²) in [5.41, 5.74) is 0.395. The van der Waals surface area contributed by atoms with Gasteiger partial charge in [-0.1, -0.05) is 13.8 Å². The van der Waals surface area contributed by atoms with Gasteiger partial charge in [0.2, 0.25) is 5.91 Å². The van der Waals surface area contributed by atoms with E-state index in [4.69, 9.17) is 14.2 Å². The zero-order chi connectivity index (χ0) is 20.4. The molecule has 0 aliphatic rings. The molecule has 150 valence electrons. The van der Waals surface area contributed by atoms with E-state index in [1.807, 2.05) is 13.8 Å². The van der Waals surface area contributed by atoms with Crippen LogP contribution in [0.25, 0.3) is 0 Å². The number of ether oxygens (including phenoxy) is 3. The van der Waals surface area contributed by atoms with Crippen LogP contribution in [0.3, 0.4) is 0 Å². The van der Waals surface area contributed by atoms with Gasteiger partial charge in [-0.25, -0.2) is 0 Å². The summed E-state index contributed by atoms with van der Waals surface area (Å²) >= 11 is 0. The van der Waals surface area contributed by atoms with Gasteiger partial charge in [-0.3, -0.25) is 14.4 Å². The Labute approximate surface area is 159 Å². The van der Waals surface area contributed by atoms with Crippen molar-refractivity contribution in [2.75, 3.05) is 26.1 Å². The van der Waals surface area contributed by atoms with E-state index in [-0.39, 0.29) is 12.5 Å². The van der Waals surface area contributed by atoms with E-state index in [1.54, 1.807) is 18.2 Å². The molecule has 1 aromatic carbocycles. The molecule has 0 radical (unpaired) electrons. The summed E-state index contributed by atoms with van der Waals surface area (Å²) in [6, 6.07) is 4.94. The quantitative estimate of drug-likeness (QED) is 0.603. The van der Waals surface area contributed by atoms with Crippen LogP contribution in [0.15, 0.2) is 18.2 Å². The summed E-state index contributed by atoms with van der Waals surface area (Å²) in [6.07, 6.45) is 0.0413. The predicted octanol–water partition coefficient (Wildman–Crippen LogP) is 2.13. The largest absolute Gasteiger partial charge is 0.497 e. The Morgan fingerprint density at radius 3 is 2.37 bits per heavy atom. The molecule has 1 aromatic rings. The minimum absolute atomic E-state index is 0.223. The van der Waals surface area contributed by atoms with E-state index >= 15 is 0 Å². The number of benzene rings is 1. The van der Waals surface area contributed by atoms with Crippen LogP contribution in [0, 0.1) is 5.92 Å². The average molecular weight is 380 g/mol. The average Bonchev–Trinajstić information content (AvgIpc) is 2.64. The van der Waals surface area contributed by atoms with Gasteiger partial charge in [-0.15, -0.1) is 0 Å². The molecule has 0 heterocycles. The normalized spacial score (nSPS) is 11.5. The molecule has 0 saturated heterocycles. The summed E-state index contributed by atoms with van der Waals surface area (Å²) in [4.78, 5) is 35.7. The van der Waals surface area contributed by atoms with Crippen molar-refractivity contribution in [2.24, 2.45) is 5.92 Å². The lowest BCUT2D eigenvalue weighted by atomic mass is 10.1. The topological polar surface area (TPSA) is 103 Å². The second-order valence-electron chi connectivity index (χ2n) is 6.40. The number of esters is 1. The van der Waals surface area contributed by atoms with Crippen molar-refractivity contribution in [3.8, 4) is 11.5 Å². The van der Waals surface area contributed by atoms with E-state index in [0.717, 1.165) is 6.42 Å². The first-order valence-corrected chi connectivity index (χ1v) is 8.75. The van der Waals surface area contributed by atoms with Gasteiger partial charge in [-0.05, 0) is 31.4 Å². The van der Waals surface area contributed by atoms with Gasteiger partial charge in [0.15, 0.2) is 6.10 Å². The fourth-order valence-electron chi connectivity index (χ4n) is 2.12. The molecule has 0 spiro atoms. The molecular formula is C19H28N2O6. The SMILES string of the molecule is COc1ccc(OC)c(NC(=O)C(C)OC(=O)CNC(=O)CCC(C)C)c1. The third-order valence-corrected chi connectivity index (χ3v) is 3.72. The van der Waals surface area contributed by atoms with Crippen LogP contribution in [0.2, 0.25) is 0 Å². The van der Waals surface area contributed by atoms with Crippen molar-refractivity contribution >= 4 is 23.5 Å². The lowest BCUT2D eigenvalue weighted by molar-refractivity contribution is -0.152. The standard InChI is InChI=1S/C19H28N2O6/c1-12(2)6-9-17(22)20-11-18(23)27-13(3)19(24)21-15-10-14(25-4)7-8-16(15)26-5/h7-8,10,12-13H,6,9,11H2,1-5H3,(H,20,22)(H,21,24). The van der Waals surface area contributed by atoms with Crippen LogP contribution in [0.4, 0.5) is 5.69 Å². The summed E-state index contributed by atoms with van der Waals surface area (Å²) in [5.74, 6) is -0.0481. The predicted molar refractivity (Wildman–Crippen MR) is 101 cm³/mol. The summed E-state index contributed by atoms with van der Waals surface area (Å²) in [6.45, 7) is 5.19. The Morgan fingerprint density at radius 1 is 1.07 bits per heavy atom. The molecule has 0 aliphatic carbocycles. The smallest absolute Gasteiger partial charge is 0.326 e. The molecule has 1 rings (SSSR count). The third-order valence-electron chi connectivity index (χ3n) is 3.72. The first-order valence-electron chi connectivity index (χ1n) is 8.75. The summed E-state index contributed by atoms with van der Waals surface area (Å²) in [5, 5.41) is 5.11. The Hall–Kier alpha value is -2.77. The maximum absolute atomic E-state index is 12.3. The van der Waals surface area contributed by atoms with E-state index in [9.17, 15) is 14.4 Å². The number of hydrogen-bond donors (Lipinski definition) is 2. The Morgan fingerprint density at radius 2 is 1.78 bits per heavy atom. The highest BCUT2D eigenvalue weighted by Crippen LogP contribution is 2.29. The van der Waals surface area contributed by atoms with Crippen LogP contribution in [0.5, 0.6) is 11.5 Å². The highest BCUT2D eigenvalue weighted by Gasteiger charge is 2.20. The molecular weight excluding hydrogens is 352 g/mol. The van der Waals surface area contributed by atoms with Gasteiger partial charge in [0.05, 0.1) is 19.9 Å². The number of amides is 2. The van der Waals surface area contributed by atoms with E-state index in [2.05, 4.69) is 10.6 Å². The van der Waals surface area contributed by atoms with Crippen molar-refractivity contribution in [2.45, 2.75) is 39.7 Å².